The Kier molecular flexibility index (Phi) is 4.19. The predicted molar refractivity (Wildman–Crippen MR) is 67.2 cm³/mol. The Balaban J connectivity index is 2.19. The highest BCUT2D eigenvalue weighted by molar-refractivity contribution is 9.10. The topological polar surface area (TPSA) is 78.5 Å². The molecule has 0 spiro atoms. The summed E-state index contributed by atoms with van der Waals surface area (Å²) in [6.07, 6.45) is 6.56. The maximum atomic E-state index is 12.1. The van der Waals surface area contributed by atoms with Crippen molar-refractivity contribution in [1.29, 1.82) is 0 Å². The molecule has 2 rings (SSSR count). The fraction of sp³-hybridized carbons (Fsp3) is 0.500. The molecular formula is C10H13BrN6O. The van der Waals surface area contributed by atoms with E-state index in [0.717, 1.165) is 23.9 Å². The van der Waals surface area contributed by atoms with Crippen LogP contribution in [0.3, 0.4) is 0 Å². The highest BCUT2D eigenvalue weighted by atomic mass is 79.9. The SMILES string of the molecule is CCCCCc1nc(Br)nn1C(=O)n1cncn1. The van der Waals surface area contributed by atoms with Crippen LogP contribution in [0, 0.1) is 0 Å². The van der Waals surface area contributed by atoms with Crippen LogP contribution in [0.2, 0.25) is 0 Å². The Morgan fingerprint density at radius 1 is 1.44 bits per heavy atom. The van der Waals surface area contributed by atoms with Crippen molar-refractivity contribution < 1.29 is 4.79 Å². The van der Waals surface area contributed by atoms with Gasteiger partial charge >= 0.3 is 6.03 Å². The van der Waals surface area contributed by atoms with E-state index in [4.69, 9.17) is 0 Å². The molecule has 8 heteroatoms. The van der Waals surface area contributed by atoms with Gasteiger partial charge in [-0.05, 0) is 22.4 Å². The molecule has 0 atom stereocenters. The lowest BCUT2D eigenvalue weighted by Gasteiger charge is -2.03. The van der Waals surface area contributed by atoms with Gasteiger partial charge in [0.25, 0.3) is 0 Å². The Labute approximate surface area is 112 Å². The summed E-state index contributed by atoms with van der Waals surface area (Å²) in [5.41, 5.74) is 0. The van der Waals surface area contributed by atoms with Crippen molar-refractivity contribution in [1.82, 2.24) is 29.5 Å². The van der Waals surface area contributed by atoms with Crippen LogP contribution >= 0.6 is 15.9 Å². The number of nitrogens with zero attached hydrogens (tertiary/aromatic N) is 6. The van der Waals surface area contributed by atoms with E-state index in [1.54, 1.807) is 0 Å². The van der Waals surface area contributed by atoms with E-state index in [9.17, 15) is 4.79 Å². The molecule has 18 heavy (non-hydrogen) atoms. The van der Waals surface area contributed by atoms with Crippen LogP contribution in [0.15, 0.2) is 17.4 Å². The van der Waals surface area contributed by atoms with Gasteiger partial charge in [0, 0.05) is 6.42 Å². The van der Waals surface area contributed by atoms with Crippen molar-refractivity contribution in [3.05, 3.63) is 23.2 Å². The zero-order valence-electron chi connectivity index (χ0n) is 9.95. The summed E-state index contributed by atoms with van der Waals surface area (Å²) in [5.74, 6) is 0.635. The van der Waals surface area contributed by atoms with Gasteiger partial charge in [-0.25, -0.2) is 14.8 Å². The van der Waals surface area contributed by atoms with Gasteiger partial charge < -0.3 is 0 Å². The second-order valence-corrected chi connectivity index (χ2v) is 4.50. The molecule has 0 bridgehead atoms. The zero-order valence-corrected chi connectivity index (χ0v) is 11.5. The van der Waals surface area contributed by atoms with E-state index in [0.29, 0.717) is 17.0 Å². The number of rotatable bonds is 4. The molecule has 2 aromatic heterocycles. The zero-order chi connectivity index (χ0) is 13.0. The van der Waals surface area contributed by atoms with Crippen molar-refractivity contribution in [3.63, 3.8) is 0 Å². The van der Waals surface area contributed by atoms with Gasteiger partial charge in [0.05, 0.1) is 0 Å². The minimum absolute atomic E-state index is 0.378. The Morgan fingerprint density at radius 2 is 2.28 bits per heavy atom. The largest absolute Gasteiger partial charge is 0.372 e. The molecule has 2 heterocycles. The molecule has 0 saturated carbocycles. The Bertz CT molecular complexity index is 520. The molecule has 0 radical (unpaired) electrons. The number of unbranched alkanes of at least 4 members (excludes halogenated alkanes) is 2. The first kappa shape index (κ1) is 12.9. The molecule has 0 saturated heterocycles. The molecule has 0 fully saturated rings. The summed E-state index contributed by atoms with van der Waals surface area (Å²) in [7, 11) is 0. The van der Waals surface area contributed by atoms with Crippen LogP contribution in [0.1, 0.15) is 32.0 Å². The monoisotopic (exact) mass is 312 g/mol. The highest BCUT2D eigenvalue weighted by Gasteiger charge is 2.16. The molecule has 0 amide bonds. The van der Waals surface area contributed by atoms with E-state index >= 15 is 0 Å². The maximum Gasteiger partial charge on any atom is 0.372 e. The van der Waals surface area contributed by atoms with Crippen LogP contribution in [-0.4, -0.2) is 35.6 Å². The van der Waals surface area contributed by atoms with Crippen molar-refractivity contribution >= 4 is 22.0 Å². The van der Waals surface area contributed by atoms with E-state index < -0.39 is 0 Å². The molecule has 0 aromatic carbocycles. The van der Waals surface area contributed by atoms with Crippen molar-refractivity contribution in [2.75, 3.05) is 0 Å². The first-order chi connectivity index (χ1) is 8.72. The van der Waals surface area contributed by atoms with Gasteiger partial charge in [-0.15, -0.1) is 5.10 Å². The van der Waals surface area contributed by atoms with E-state index in [2.05, 4.69) is 43.0 Å². The van der Waals surface area contributed by atoms with Crippen LogP contribution in [0.25, 0.3) is 0 Å². The second-order valence-electron chi connectivity index (χ2n) is 3.79. The summed E-state index contributed by atoms with van der Waals surface area (Å²) in [6.45, 7) is 2.13. The molecule has 7 nitrogen and oxygen atoms in total. The number of aromatic nitrogens is 6. The summed E-state index contributed by atoms with van der Waals surface area (Å²) < 4.78 is 2.79. The van der Waals surface area contributed by atoms with Gasteiger partial charge in [-0.2, -0.15) is 14.5 Å². The van der Waals surface area contributed by atoms with Crippen molar-refractivity contribution in [2.24, 2.45) is 0 Å². The lowest BCUT2D eigenvalue weighted by Crippen LogP contribution is -2.23. The molecule has 0 aliphatic carbocycles. The standard InChI is InChI=1S/C10H13BrN6O/c1-2-3-4-5-8-14-9(11)15-17(8)10(18)16-7-12-6-13-16/h6-7H,2-5H2,1H3. The van der Waals surface area contributed by atoms with Crippen LogP contribution in [0.4, 0.5) is 4.79 Å². The van der Waals surface area contributed by atoms with Gasteiger partial charge in [0.15, 0.2) is 0 Å². The van der Waals surface area contributed by atoms with Crippen LogP contribution in [-0.2, 0) is 6.42 Å². The Morgan fingerprint density at radius 3 is 2.94 bits per heavy atom. The maximum absolute atomic E-state index is 12.1. The number of carbonyl (C=O) groups is 1. The van der Waals surface area contributed by atoms with Gasteiger partial charge in [0.2, 0.25) is 4.73 Å². The van der Waals surface area contributed by atoms with Crippen LogP contribution in [0.5, 0.6) is 0 Å². The minimum Gasteiger partial charge on any atom is -0.243 e. The fourth-order valence-electron chi connectivity index (χ4n) is 1.57. The molecule has 0 unspecified atom stereocenters. The molecule has 0 N–H and O–H groups in total. The van der Waals surface area contributed by atoms with E-state index in [1.165, 1.54) is 17.3 Å². The summed E-state index contributed by atoms with van der Waals surface area (Å²) >= 11 is 3.18. The predicted octanol–water partition coefficient (Wildman–Crippen LogP) is 1.88. The molecule has 2 aromatic rings. The molecular weight excluding hydrogens is 300 g/mol. The average molecular weight is 313 g/mol. The lowest BCUT2D eigenvalue weighted by molar-refractivity contribution is 0.237. The van der Waals surface area contributed by atoms with E-state index in [-0.39, 0.29) is 6.03 Å². The second kappa shape index (κ2) is 5.85. The molecule has 0 aliphatic rings. The number of carbonyl (C=O) groups excluding carboxylic acids is 1. The summed E-state index contributed by atoms with van der Waals surface area (Å²) in [5, 5.41) is 7.82. The van der Waals surface area contributed by atoms with Crippen molar-refractivity contribution in [3.8, 4) is 0 Å². The molecule has 0 aliphatic heterocycles. The quantitative estimate of drug-likeness (QED) is 0.805. The molecule has 96 valence electrons. The number of hydrogen-bond donors (Lipinski definition) is 0. The van der Waals surface area contributed by atoms with Crippen molar-refractivity contribution in [2.45, 2.75) is 32.6 Å². The minimum atomic E-state index is -0.378. The third-order valence-corrected chi connectivity index (χ3v) is 2.78. The summed E-state index contributed by atoms with van der Waals surface area (Å²) in [4.78, 5) is 20.0. The van der Waals surface area contributed by atoms with Gasteiger partial charge in [-0.1, -0.05) is 19.8 Å². The average Bonchev–Trinajstić information content (AvgIpc) is 2.98. The number of hydrogen-bond acceptors (Lipinski definition) is 5. The highest BCUT2D eigenvalue weighted by Crippen LogP contribution is 2.09. The van der Waals surface area contributed by atoms with Gasteiger partial charge in [0.1, 0.15) is 18.5 Å². The lowest BCUT2D eigenvalue weighted by atomic mass is 10.2. The number of aryl methyl sites for hydroxylation is 1. The first-order valence-corrected chi connectivity index (χ1v) is 6.52. The fourth-order valence-corrected chi connectivity index (χ4v) is 1.93. The third-order valence-electron chi connectivity index (χ3n) is 2.45. The first-order valence-electron chi connectivity index (χ1n) is 5.73. The number of halogens is 1. The Hall–Kier alpha value is -1.57. The summed E-state index contributed by atoms with van der Waals surface area (Å²) in [6, 6.07) is -0.378. The van der Waals surface area contributed by atoms with Gasteiger partial charge in [-0.3, -0.25) is 0 Å². The smallest absolute Gasteiger partial charge is 0.243 e. The van der Waals surface area contributed by atoms with Crippen LogP contribution < -0.4 is 0 Å². The third kappa shape index (κ3) is 2.81. The van der Waals surface area contributed by atoms with E-state index in [1.807, 2.05) is 0 Å². The normalized spacial score (nSPS) is 10.8.